The molecule has 1 aliphatic heterocycles. The van der Waals surface area contributed by atoms with Crippen molar-refractivity contribution in [3.8, 4) is 0 Å². The second-order valence-corrected chi connectivity index (χ2v) is 6.91. The van der Waals surface area contributed by atoms with Crippen LogP contribution in [0.25, 0.3) is 0 Å². The van der Waals surface area contributed by atoms with Gasteiger partial charge in [0.2, 0.25) is 5.91 Å². The molecule has 0 spiro atoms. The number of amides is 1. The van der Waals surface area contributed by atoms with E-state index in [-0.39, 0.29) is 22.3 Å². The van der Waals surface area contributed by atoms with Crippen LogP contribution in [0.15, 0.2) is 24.3 Å². The number of quaternary nitrogens is 1. The summed E-state index contributed by atoms with van der Waals surface area (Å²) in [7, 11) is 0. The number of rotatable bonds is 5. The molecule has 1 aromatic carbocycles. The van der Waals surface area contributed by atoms with E-state index >= 15 is 0 Å². The normalized spacial score (nSPS) is 22.9. The van der Waals surface area contributed by atoms with Gasteiger partial charge >= 0.3 is 0 Å². The van der Waals surface area contributed by atoms with Crippen LogP contribution in [-0.4, -0.2) is 35.2 Å². The highest BCUT2D eigenvalue weighted by Crippen LogP contribution is 2.42. The van der Waals surface area contributed by atoms with Crippen LogP contribution in [0.3, 0.4) is 0 Å². The molecule has 1 aromatic rings. The summed E-state index contributed by atoms with van der Waals surface area (Å²) in [6, 6.07) is 7.00. The van der Waals surface area contributed by atoms with Crippen LogP contribution < -0.4 is 5.32 Å². The van der Waals surface area contributed by atoms with E-state index in [0.29, 0.717) is 6.04 Å². The zero-order valence-corrected chi connectivity index (χ0v) is 13.0. The zero-order chi connectivity index (χ0) is 14.7. The summed E-state index contributed by atoms with van der Waals surface area (Å²) >= 11 is 1.64. The van der Waals surface area contributed by atoms with Gasteiger partial charge in [0.15, 0.2) is 0 Å². The predicted octanol–water partition coefficient (Wildman–Crippen LogP) is 1.76. The lowest BCUT2D eigenvalue weighted by Crippen LogP contribution is -2.89. The molecule has 20 heavy (non-hydrogen) atoms. The van der Waals surface area contributed by atoms with E-state index in [1.165, 1.54) is 12.1 Å². The Morgan fingerprint density at radius 3 is 2.60 bits per heavy atom. The number of benzene rings is 1. The van der Waals surface area contributed by atoms with E-state index in [4.69, 9.17) is 0 Å². The minimum atomic E-state index is -0.240. The Hall–Kier alpha value is -1.07. The van der Waals surface area contributed by atoms with Crippen molar-refractivity contribution < 1.29 is 14.5 Å². The quantitative estimate of drug-likeness (QED) is 0.899. The molecule has 3 nitrogen and oxygen atoms in total. The lowest BCUT2D eigenvalue weighted by molar-refractivity contribution is -0.682. The fourth-order valence-corrected chi connectivity index (χ4v) is 3.64. The van der Waals surface area contributed by atoms with Gasteiger partial charge in [-0.15, -0.1) is 11.8 Å². The first kappa shape index (κ1) is 15.3. The Balaban J connectivity index is 2.09. The molecule has 110 valence electrons. The van der Waals surface area contributed by atoms with Crippen LogP contribution in [0.1, 0.15) is 31.7 Å². The van der Waals surface area contributed by atoms with Crippen LogP contribution >= 0.6 is 11.8 Å². The van der Waals surface area contributed by atoms with E-state index < -0.39 is 0 Å². The average molecular weight is 297 g/mol. The smallest absolute Gasteiger partial charge is 0.236 e. The van der Waals surface area contributed by atoms with Crippen molar-refractivity contribution in [2.75, 3.05) is 13.1 Å². The number of halogens is 1. The highest BCUT2D eigenvalue weighted by Gasteiger charge is 2.38. The van der Waals surface area contributed by atoms with Crippen molar-refractivity contribution in [3.63, 3.8) is 0 Å². The van der Waals surface area contributed by atoms with Gasteiger partial charge in [-0.25, -0.2) is 4.39 Å². The molecule has 0 unspecified atom stereocenters. The molecule has 1 saturated heterocycles. The molecule has 1 amide bonds. The third kappa shape index (κ3) is 3.52. The second-order valence-electron chi connectivity index (χ2n) is 5.48. The fraction of sp³-hybridized carbons (Fsp3) is 0.533. The molecule has 2 rings (SSSR count). The van der Waals surface area contributed by atoms with Gasteiger partial charge in [0.25, 0.3) is 0 Å². The molecule has 0 aromatic heterocycles. The van der Waals surface area contributed by atoms with Gasteiger partial charge in [-0.2, -0.15) is 0 Å². The summed E-state index contributed by atoms with van der Waals surface area (Å²) in [5.74, 6) is -0.0581. The first-order chi connectivity index (χ1) is 9.49. The molecule has 2 atom stereocenters. The van der Waals surface area contributed by atoms with E-state index in [9.17, 15) is 9.18 Å². The molecule has 1 fully saturated rings. The molecule has 5 heteroatoms. The number of thioether (sulfide) groups is 1. The summed E-state index contributed by atoms with van der Waals surface area (Å²) in [5.41, 5.74) is 0.999. The maximum absolute atomic E-state index is 13.0. The van der Waals surface area contributed by atoms with Crippen LogP contribution in [0, 0.1) is 5.82 Å². The van der Waals surface area contributed by atoms with Gasteiger partial charge < -0.3 is 10.2 Å². The molecule has 0 saturated carbocycles. The van der Waals surface area contributed by atoms with Crippen LogP contribution in [0.2, 0.25) is 0 Å². The second kappa shape index (κ2) is 6.59. The Bertz CT molecular complexity index is 463. The summed E-state index contributed by atoms with van der Waals surface area (Å²) in [6.45, 7) is 7.85. The Morgan fingerprint density at radius 1 is 1.35 bits per heavy atom. The predicted molar refractivity (Wildman–Crippen MR) is 79.8 cm³/mol. The van der Waals surface area contributed by atoms with Gasteiger partial charge in [0.05, 0.1) is 24.4 Å². The van der Waals surface area contributed by atoms with Gasteiger partial charge in [0.1, 0.15) is 11.2 Å². The van der Waals surface area contributed by atoms with E-state index in [1.807, 2.05) is 11.8 Å². The van der Waals surface area contributed by atoms with Crippen molar-refractivity contribution in [2.45, 2.75) is 37.4 Å². The van der Waals surface area contributed by atoms with Gasteiger partial charge in [0, 0.05) is 0 Å². The monoisotopic (exact) mass is 297 g/mol. The minimum absolute atomic E-state index is 0.0127. The molecular weight excluding hydrogens is 275 g/mol. The summed E-state index contributed by atoms with van der Waals surface area (Å²) < 4.78 is 13.0. The van der Waals surface area contributed by atoms with E-state index in [2.05, 4.69) is 19.2 Å². The average Bonchev–Trinajstić information content (AvgIpc) is 2.67. The largest absolute Gasteiger partial charge is 0.343 e. The SMILES string of the molecule is CC(C)[NH2+]CCN1C(=O)[C@H](C)S[C@@H]1c1ccc(F)cc1. The number of hydrogen-bond acceptors (Lipinski definition) is 2. The molecule has 0 bridgehead atoms. The van der Waals surface area contributed by atoms with Gasteiger partial charge in [-0.1, -0.05) is 12.1 Å². The van der Waals surface area contributed by atoms with Crippen molar-refractivity contribution in [3.05, 3.63) is 35.6 Å². The standard InChI is InChI=1S/C15H21FN2OS/c1-10(2)17-8-9-18-14(19)11(3)20-15(18)12-4-6-13(16)7-5-12/h4-7,10-11,15,17H,8-9H2,1-3H3/p+1/t11-,15+/m0/s1. The van der Waals surface area contributed by atoms with Crippen LogP contribution in [-0.2, 0) is 4.79 Å². The van der Waals surface area contributed by atoms with Crippen LogP contribution in [0.4, 0.5) is 4.39 Å². The van der Waals surface area contributed by atoms with Gasteiger partial charge in [-0.05, 0) is 38.5 Å². The Labute approximate surface area is 123 Å². The highest BCUT2D eigenvalue weighted by molar-refractivity contribution is 8.01. The van der Waals surface area contributed by atoms with Crippen molar-refractivity contribution in [1.82, 2.24) is 4.90 Å². The molecular formula is C15H22FN2OS+. The van der Waals surface area contributed by atoms with Crippen LogP contribution in [0.5, 0.6) is 0 Å². The fourth-order valence-electron chi connectivity index (χ4n) is 2.33. The number of carbonyl (C=O) groups excluding carboxylic acids is 1. The first-order valence-electron chi connectivity index (χ1n) is 7.03. The lowest BCUT2D eigenvalue weighted by Gasteiger charge is -2.23. The van der Waals surface area contributed by atoms with Crippen molar-refractivity contribution in [2.24, 2.45) is 0 Å². The summed E-state index contributed by atoms with van der Waals surface area (Å²) in [4.78, 5) is 14.2. The molecule has 1 heterocycles. The Morgan fingerprint density at radius 2 is 2.00 bits per heavy atom. The Kier molecular flexibility index (Phi) is 5.05. The van der Waals surface area contributed by atoms with E-state index in [1.54, 1.807) is 23.9 Å². The topological polar surface area (TPSA) is 36.9 Å². The molecule has 0 radical (unpaired) electrons. The highest BCUT2D eigenvalue weighted by atomic mass is 32.2. The third-order valence-corrected chi connectivity index (χ3v) is 4.80. The first-order valence-corrected chi connectivity index (χ1v) is 7.98. The molecule has 2 N–H and O–H groups in total. The van der Waals surface area contributed by atoms with Crippen molar-refractivity contribution >= 4 is 17.7 Å². The molecule has 1 aliphatic rings. The third-order valence-electron chi connectivity index (χ3n) is 3.41. The molecule has 0 aliphatic carbocycles. The summed E-state index contributed by atoms with van der Waals surface area (Å²) in [6.07, 6.45) is 0. The van der Waals surface area contributed by atoms with Gasteiger partial charge in [-0.3, -0.25) is 4.79 Å². The summed E-state index contributed by atoms with van der Waals surface area (Å²) in [5, 5.41) is 2.21. The van der Waals surface area contributed by atoms with Crippen molar-refractivity contribution in [1.29, 1.82) is 0 Å². The maximum atomic E-state index is 13.0. The lowest BCUT2D eigenvalue weighted by atomic mass is 10.2. The van der Waals surface area contributed by atoms with E-state index in [0.717, 1.165) is 18.7 Å². The number of hydrogen-bond donors (Lipinski definition) is 1. The number of nitrogens with two attached hydrogens (primary N) is 1. The minimum Gasteiger partial charge on any atom is -0.343 e. The maximum Gasteiger partial charge on any atom is 0.236 e. The number of nitrogens with zero attached hydrogens (tertiary/aromatic N) is 1. The number of carbonyl (C=O) groups is 1. The zero-order valence-electron chi connectivity index (χ0n) is 12.2.